The highest BCUT2D eigenvalue weighted by Crippen LogP contribution is 2.32. The van der Waals surface area contributed by atoms with Crippen LogP contribution in [0.15, 0.2) is 24.3 Å². The third-order valence-electron chi connectivity index (χ3n) is 5.41. The van der Waals surface area contributed by atoms with Crippen molar-refractivity contribution < 1.29 is 4.90 Å². The topological polar surface area (TPSA) is 57.6 Å². The highest BCUT2D eigenvalue weighted by Gasteiger charge is 2.20. The Hall–Kier alpha value is -2.58. The molecule has 0 unspecified atom stereocenters. The molecule has 5 nitrogen and oxygen atoms in total. The molecule has 28 heavy (non-hydrogen) atoms. The first-order chi connectivity index (χ1) is 13.6. The second-order valence-electron chi connectivity index (χ2n) is 7.89. The van der Waals surface area contributed by atoms with Gasteiger partial charge >= 0.3 is 0 Å². The average molecular weight is 379 g/mol. The summed E-state index contributed by atoms with van der Waals surface area (Å²) >= 11 is 0. The highest BCUT2D eigenvalue weighted by atomic mass is 15.1. The number of nitriles is 1. The number of hydrogen-bond acceptors (Lipinski definition) is 3. The smallest absolute Gasteiger partial charge is 0.157 e. The van der Waals surface area contributed by atoms with Crippen LogP contribution in [0.1, 0.15) is 49.3 Å². The molecule has 2 heterocycles. The Morgan fingerprint density at radius 3 is 2.68 bits per heavy atom. The summed E-state index contributed by atoms with van der Waals surface area (Å²) in [6.07, 6.45) is 5.61. The van der Waals surface area contributed by atoms with E-state index < -0.39 is 0 Å². The molecule has 1 aromatic carbocycles. The lowest BCUT2D eigenvalue weighted by molar-refractivity contribution is -0.858. The molecule has 3 rings (SSSR count). The zero-order valence-electron chi connectivity index (χ0n) is 17.6. The van der Waals surface area contributed by atoms with Crippen LogP contribution < -0.4 is 10.2 Å². The molecule has 5 heteroatoms. The fraction of sp³-hybridized carbons (Fsp3) is 0.478. The Kier molecular flexibility index (Phi) is 6.53. The van der Waals surface area contributed by atoms with Crippen molar-refractivity contribution >= 4 is 22.5 Å². The van der Waals surface area contributed by atoms with Crippen molar-refractivity contribution in [2.75, 3.05) is 32.5 Å². The van der Waals surface area contributed by atoms with Gasteiger partial charge in [-0.3, -0.25) is 4.40 Å². The van der Waals surface area contributed by atoms with Crippen molar-refractivity contribution in [2.24, 2.45) is 0 Å². The molecular weight excluding hydrogens is 346 g/mol. The standard InChI is InChI=1S/C23H31N5/c1-5-6-7-11-18-17(2)19(16-24)23-26-20-12-8-9-13-21(20)28(23)22(18)25-14-10-15-27(3)4/h8-9,12-13,25H,5-7,10-11,14-15H2,1-4H3/p+1. The number of hydrogen-bond donors (Lipinski definition) is 2. The van der Waals surface area contributed by atoms with Crippen molar-refractivity contribution in [3.8, 4) is 6.07 Å². The lowest BCUT2D eigenvalue weighted by Gasteiger charge is -2.19. The monoisotopic (exact) mass is 378 g/mol. The summed E-state index contributed by atoms with van der Waals surface area (Å²) in [6.45, 7) is 6.34. The van der Waals surface area contributed by atoms with Crippen LogP contribution >= 0.6 is 0 Å². The first kappa shape index (κ1) is 20.2. The van der Waals surface area contributed by atoms with Gasteiger partial charge in [0.2, 0.25) is 0 Å². The Morgan fingerprint density at radius 1 is 1.18 bits per heavy atom. The molecule has 0 fully saturated rings. The maximum Gasteiger partial charge on any atom is 0.157 e. The van der Waals surface area contributed by atoms with Crippen LogP contribution in [0.5, 0.6) is 0 Å². The SMILES string of the molecule is CCCCCc1c(C)c(C#N)c2nc3ccccc3n2c1NCCC[NH+](C)C. The number of fused-ring (bicyclic) bond motifs is 3. The van der Waals surface area contributed by atoms with E-state index in [1.54, 1.807) is 0 Å². The van der Waals surface area contributed by atoms with Crippen molar-refractivity contribution in [3.05, 3.63) is 41.0 Å². The summed E-state index contributed by atoms with van der Waals surface area (Å²) in [5.74, 6) is 1.12. The molecule has 0 saturated heterocycles. The molecule has 148 valence electrons. The molecule has 0 aliphatic rings. The number of para-hydroxylation sites is 2. The predicted molar refractivity (Wildman–Crippen MR) is 116 cm³/mol. The van der Waals surface area contributed by atoms with E-state index in [9.17, 15) is 5.26 Å². The van der Waals surface area contributed by atoms with Gasteiger partial charge in [-0.15, -0.1) is 0 Å². The third kappa shape index (κ3) is 3.98. The summed E-state index contributed by atoms with van der Waals surface area (Å²) in [6, 6.07) is 10.6. The number of quaternary nitrogens is 1. The highest BCUT2D eigenvalue weighted by molar-refractivity contribution is 5.86. The number of benzene rings is 1. The van der Waals surface area contributed by atoms with Gasteiger partial charge in [0.1, 0.15) is 11.9 Å². The molecular formula is C23H32N5+. The van der Waals surface area contributed by atoms with Crippen LogP contribution in [-0.2, 0) is 6.42 Å². The third-order valence-corrected chi connectivity index (χ3v) is 5.41. The summed E-state index contributed by atoms with van der Waals surface area (Å²) in [7, 11) is 4.37. The molecule has 0 aliphatic carbocycles. The number of imidazole rings is 1. The van der Waals surface area contributed by atoms with E-state index in [-0.39, 0.29) is 0 Å². The summed E-state index contributed by atoms with van der Waals surface area (Å²) in [5.41, 5.74) is 5.79. The molecule has 0 radical (unpaired) electrons. The minimum Gasteiger partial charge on any atom is -0.371 e. The van der Waals surface area contributed by atoms with Crippen LogP contribution in [-0.4, -0.2) is 36.6 Å². The summed E-state index contributed by atoms with van der Waals surface area (Å²) in [5, 5.41) is 13.6. The van der Waals surface area contributed by atoms with E-state index in [1.807, 2.05) is 18.2 Å². The number of anilines is 1. The molecule has 0 spiro atoms. The van der Waals surface area contributed by atoms with Gasteiger partial charge in [0, 0.05) is 13.0 Å². The quantitative estimate of drug-likeness (QED) is 0.562. The first-order valence-electron chi connectivity index (χ1n) is 10.4. The lowest BCUT2D eigenvalue weighted by atomic mass is 9.99. The van der Waals surface area contributed by atoms with Gasteiger partial charge in [0.05, 0.1) is 37.2 Å². The Labute approximate surface area is 168 Å². The fourth-order valence-electron chi connectivity index (χ4n) is 3.88. The lowest BCUT2D eigenvalue weighted by Crippen LogP contribution is -3.05. The van der Waals surface area contributed by atoms with Crippen molar-refractivity contribution in [1.29, 1.82) is 5.26 Å². The molecule has 0 bridgehead atoms. The van der Waals surface area contributed by atoms with Gasteiger partial charge in [-0.2, -0.15) is 5.26 Å². The second-order valence-corrected chi connectivity index (χ2v) is 7.89. The minimum atomic E-state index is 0.700. The average Bonchev–Trinajstić information content (AvgIpc) is 3.06. The van der Waals surface area contributed by atoms with E-state index in [1.165, 1.54) is 23.3 Å². The zero-order chi connectivity index (χ0) is 20.1. The summed E-state index contributed by atoms with van der Waals surface area (Å²) in [4.78, 5) is 6.26. The fourth-order valence-corrected chi connectivity index (χ4v) is 3.88. The Bertz CT molecular complexity index is 994. The van der Waals surface area contributed by atoms with Crippen molar-refractivity contribution in [1.82, 2.24) is 9.38 Å². The zero-order valence-corrected chi connectivity index (χ0v) is 17.6. The number of aromatic nitrogens is 2. The molecule has 0 saturated carbocycles. The maximum atomic E-state index is 9.88. The van der Waals surface area contributed by atoms with E-state index in [0.717, 1.165) is 60.4 Å². The van der Waals surface area contributed by atoms with Gasteiger partial charge in [0.15, 0.2) is 5.65 Å². The normalized spacial score (nSPS) is 11.4. The van der Waals surface area contributed by atoms with E-state index >= 15 is 0 Å². The van der Waals surface area contributed by atoms with Crippen LogP contribution in [0.4, 0.5) is 5.82 Å². The van der Waals surface area contributed by atoms with Crippen molar-refractivity contribution in [2.45, 2.75) is 46.0 Å². The van der Waals surface area contributed by atoms with Crippen LogP contribution in [0.25, 0.3) is 16.7 Å². The molecule has 3 aromatic rings. The molecule has 0 amide bonds. The molecule has 2 aromatic heterocycles. The van der Waals surface area contributed by atoms with E-state index in [4.69, 9.17) is 4.98 Å². The van der Waals surface area contributed by atoms with Gasteiger partial charge in [0.25, 0.3) is 0 Å². The predicted octanol–water partition coefficient (Wildman–Crippen LogP) is 3.35. The molecule has 0 aliphatic heterocycles. The number of rotatable bonds is 9. The minimum absolute atomic E-state index is 0.700. The largest absolute Gasteiger partial charge is 0.371 e. The Morgan fingerprint density at radius 2 is 1.96 bits per heavy atom. The number of unbranched alkanes of at least 4 members (excludes halogenated alkanes) is 2. The maximum absolute atomic E-state index is 9.88. The van der Waals surface area contributed by atoms with E-state index in [0.29, 0.717) is 5.56 Å². The number of nitrogens with one attached hydrogen (secondary N) is 2. The molecule has 2 N–H and O–H groups in total. The number of pyridine rings is 1. The van der Waals surface area contributed by atoms with Gasteiger partial charge in [-0.05, 0) is 43.0 Å². The first-order valence-corrected chi connectivity index (χ1v) is 10.4. The van der Waals surface area contributed by atoms with Gasteiger partial charge < -0.3 is 10.2 Å². The van der Waals surface area contributed by atoms with Crippen molar-refractivity contribution in [3.63, 3.8) is 0 Å². The summed E-state index contributed by atoms with van der Waals surface area (Å²) < 4.78 is 2.17. The van der Waals surface area contributed by atoms with Crippen LogP contribution in [0, 0.1) is 18.3 Å². The van der Waals surface area contributed by atoms with E-state index in [2.05, 4.69) is 49.8 Å². The van der Waals surface area contributed by atoms with Gasteiger partial charge in [-0.1, -0.05) is 31.9 Å². The second kappa shape index (κ2) is 9.07. The van der Waals surface area contributed by atoms with Crippen LogP contribution in [0.2, 0.25) is 0 Å². The number of nitrogens with zero attached hydrogens (tertiary/aromatic N) is 3. The van der Waals surface area contributed by atoms with Gasteiger partial charge in [-0.25, -0.2) is 4.98 Å². The molecule has 0 atom stereocenters. The van der Waals surface area contributed by atoms with Crippen LogP contribution in [0.3, 0.4) is 0 Å². The Balaban J connectivity index is 2.15.